The molecule has 1 aromatic rings. The monoisotopic (exact) mass is 437 g/mol. The van der Waals surface area contributed by atoms with Crippen LogP contribution in [0.15, 0.2) is 24.3 Å². The van der Waals surface area contributed by atoms with Crippen LogP contribution in [0.5, 0.6) is 5.75 Å². The fourth-order valence-electron chi connectivity index (χ4n) is 3.28. The topological polar surface area (TPSA) is 85.3 Å². The number of ether oxygens (including phenoxy) is 3. The van der Waals surface area contributed by atoms with Gasteiger partial charge in [-0.1, -0.05) is 44.7 Å². The van der Waals surface area contributed by atoms with Crippen LogP contribution in [0.3, 0.4) is 0 Å². The Bertz CT molecular complexity index is 619. The fourth-order valence-corrected chi connectivity index (χ4v) is 3.28. The van der Waals surface area contributed by atoms with E-state index in [0.29, 0.717) is 26.2 Å². The minimum Gasteiger partial charge on any atom is -0.494 e. The van der Waals surface area contributed by atoms with Crippen molar-refractivity contribution in [2.45, 2.75) is 71.3 Å². The quantitative estimate of drug-likeness (QED) is 0.348. The number of carbonyl (C=O) groups is 2. The van der Waals surface area contributed by atoms with Gasteiger partial charge in [0.25, 0.3) is 0 Å². The number of nitrogens with zero attached hydrogens (tertiary/aromatic N) is 1. The van der Waals surface area contributed by atoms with Gasteiger partial charge >= 0.3 is 12.1 Å². The largest absolute Gasteiger partial charge is 0.494 e. The number of unbranched alkanes of at least 4 members (excludes halogenated alkanes) is 5. The molecule has 0 aliphatic rings. The third-order valence-electron chi connectivity index (χ3n) is 5.04. The molecule has 1 amide bonds. The van der Waals surface area contributed by atoms with Gasteiger partial charge in [-0.05, 0) is 43.9 Å². The smallest absolute Gasteiger partial charge is 0.409 e. The van der Waals surface area contributed by atoms with Crippen LogP contribution in [0.2, 0.25) is 0 Å². The third-order valence-corrected chi connectivity index (χ3v) is 5.04. The molecule has 0 bridgehead atoms. The standard InChI is InChI=1S/C24H39NO6/c1-4-6-7-8-9-16-25(24(28)29-3)17-10-11-18-31-21-14-12-20(13-15-21)19-22(23(26)27)30-5-2/h12-15,22H,4-11,16-19H2,1-3H3,(H,26,27). The number of hydrogen-bond acceptors (Lipinski definition) is 5. The van der Waals surface area contributed by atoms with Crippen LogP contribution in [0.1, 0.15) is 64.4 Å². The van der Waals surface area contributed by atoms with Gasteiger partial charge in [0.2, 0.25) is 0 Å². The Morgan fingerprint density at radius 2 is 1.61 bits per heavy atom. The molecular formula is C24H39NO6. The normalized spacial score (nSPS) is 11.7. The van der Waals surface area contributed by atoms with E-state index in [4.69, 9.17) is 14.2 Å². The Kier molecular flexibility index (Phi) is 14.2. The maximum absolute atomic E-state index is 11.9. The second-order valence-corrected chi connectivity index (χ2v) is 7.56. The highest BCUT2D eigenvalue weighted by Gasteiger charge is 2.18. The van der Waals surface area contributed by atoms with Crippen LogP contribution < -0.4 is 4.74 Å². The highest BCUT2D eigenvalue weighted by Crippen LogP contribution is 2.15. The Hall–Kier alpha value is -2.28. The number of hydrogen-bond donors (Lipinski definition) is 1. The molecule has 1 aromatic carbocycles. The van der Waals surface area contributed by atoms with Crippen molar-refractivity contribution < 1.29 is 28.9 Å². The lowest BCUT2D eigenvalue weighted by molar-refractivity contribution is -0.149. The number of benzene rings is 1. The molecule has 1 atom stereocenters. The Balaban J connectivity index is 2.32. The van der Waals surface area contributed by atoms with Gasteiger partial charge in [0.05, 0.1) is 13.7 Å². The maximum Gasteiger partial charge on any atom is 0.409 e. The molecule has 0 spiro atoms. The van der Waals surface area contributed by atoms with Gasteiger partial charge in [-0.25, -0.2) is 9.59 Å². The van der Waals surface area contributed by atoms with Gasteiger partial charge in [0.1, 0.15) is 5.75 Å². The molecule has 1 rings (SSSR count). The number of methoxy groups -OCH3 is 1. The molecule has 1 unspecified atom stereocenters. The molecular weight excluding hydrogens is 398 g/mol. The van der Waals surface area contributed by atoms with E-state index in [2.05, 4.69) is 6.92 Å². The van der Waals surface area contributed by atoms with E-state index in [9.17, 15) is 14.7 Å². The van der Waals surface area contributed by atoms with E-state index < -0.39 is 12.1 Å². The van der Waals surface area contributed by atoms with Crippen molar-refractivity contribution in [2.24, 2.45) is 0 Å². The first-order valence-electron chi connectivity index (χ1n) is 11.4. The third kappa shape index (κ3) is 11.6. The van der Waals surface area contributed by atoms with E-state index in [1.165, 1.54) is 26.4 Å². The molecule has 7 nitrogen and oxygen atoms in total. The van der Waals surface area contributed by atoms with Crippen molar-refractivity contribution >= 4 is 12.1 Å². The fraction of sp³-hybridized carbons (Fsp3) is 0.667. The number of aliphatic carboxylic acids is 1. The lowest BCUT2D eigenvalue weighted by atomic mass is 10.1. The number of carbonyl (C=O) groups excluding carboxylic acids is 1. The number of carboxylic acid groups (broad SMARTS) is 1. The summed E-state index contributed by atoms with van der Waals surface area (Å²) in [5, 5.41) is 9.18. The van der Waals surface area contributed by atoms with E-state index in [-0.39, 0.29) is 6.09 Å². The van der Waals surface area contributed by atoms with Crippen molar-refractivity contribution in [3.63, 3.8) is 0 Å². The maximum atomic E-state index is 11.9. The summed E-state index contributed by atoms with van der Waals surface area (Å²) in [7, 11) is 1.42. The summed E-state index contributed by atoms with van der Waals surface area (Å²) in [6.45, 7) is 6.29. The molecule has 0 radical (unpaired) electrons. The van der Waals surface area contributed by atoms with Crippen LogP contribution in [-0.2, 0) is 20.7 Å². The lowest BCUT2D eigenvalue weighted by Gasteiger charge is -2.21. The second kappa shape index (κ2) is 16.4. The summed E-state index contributed by atoms with van der Waals surface area (Å²) < 4.78 is 15.9. The van der Waals surface area contributed by atoms with Crippen molar-refractivity contribution in [3.05, 3.63) is 29.8 Å². The molecule has 0 fully saturated rings. The zero-order valence-corrected chi connectivity index (χ0v) is 19.3. The predicted molar refractivity (Wildman–Crippen MR) is 121 cm³/mol. The summed E-state index contributed by atoms with van der Waals surface area (Å²) in [6, 6.07) is 7.41. The summed E-state index contributed by atoms with van der Waals surface area (Å²) in [5.74, 6) is -0.211. The Labute approximate surface area is 186 Å². The molecule has 0 aromatic heterocycles. The van der Waals surface area contributed by atoms with Gasteiger partial charge < -0.3 is 24.2 Å². The SMILES string of the molecule is CCCCCCCN(CCCCOc1ccc(CC(OCC)C(=O)O)cc1)C(=O)OC. The van der Waals surface area contributed by atoms with Crippen molar-refractivity contribution in [1.82, 2.24) is 4.90 Å². The van der Waals surface area contributed by atoms with E-state index >= 15 is 0 Å². The van der Waals surface area contributed by atoms with Crippen LogP contribution in [0, 0.1) is 0 Å². The van der Waals surface area contributed by atoms with E-state index in [0.717, 1.165) is 43.5 Å². The number of rotatable bonds is 17. The summed E-state index contributed by atoms with van der Waals surface area (Å²) in [4.78, 5) is 24.9. The molecule has 7 heteroatoms. The highest BCUT2D eigenvalue weighted by atomic mass is 16.5. The van der Waals surface area contributed by atoms with Gasteiger partial charge in [-0.15, -0.1) is 0 Å². The van der Waals surface area contributed by atoms with Crippen molar-refractivity contribution in [3.8, 4) is 5.75 Å². The van der Waals surface area contributed by atoms with Crippen LogP contribution in [0.25, 0.3) is 0 Å². The minimum absolute atomic E-state index is 0.265. The summed E-state index contributed by atoms with van der Waals surface area (Å²) in [6.07, 6.45) is 6.70. The van der Waals surface area contributed by atoms with Crippen LogP contribution >= 0.6 is 0 Å². The Morgan fingerprint density at radius 1 is 0.968 bits per heavy atom. The summed E-state index contributed by atoms with van der Waals surface area (Å²) >= 11 is 0. The predicted octanol–water partition coefficient (Wildman–Crippen LogP) is 4.92. The molecule has 0 aliphatic carbocycles. The average Bonchev–Trinajstić information content (AvgIpc) is 2.77. The lowest BCUT2D eigenvalue weighted by Crippen LogP contribution is -2.33. The van der Waals surface area contributed by atoms with Gasteiger partial charge in [0.15, 0.2) is 6.10 Å². The van der Waals surface area contributed by atoms with Crippen molar-refractivity contribution in [2.75, 3.05) is 33.4 Å². The number of carboxylic acids is 1. The zero-order chi connectivity index (χ0) is 22.9. The average molecular weight is 438 g/mol. The van der Waals surface area contributed by atoms with Crippen LogP contribution in [-0.4, -0.2) is 61.6 Å². The molecule has 1 N–H and O–H groups in total. The molecule has 0 aliphatic heterocycles. The van der Waals surface area contributed by atoms with Gasteiger partial charge in [-0.3, -0.25) is 0 Å². The van der Waals surface area contributed by atoms with E-state index in [1.54, 1.807) is 11.8 Å². The molecule has 0 heterocycles. The minimum atomic E-state index is -0.955. The first-order chi connectivity index (χ1) is 15.0. The molecule has 176 valence electrons. The molecule has 0 saturated carbocycles. The highest BCUT2D eigenvalue weighted by molar-refractivity contribution is 5.72. The van der Waals surface area contributed by atoms with Gasteiger partial charge in [0, 0.05) is 26.1 Å². The van der Waals surface area contributed by atoms with Crippen LogP contribution in [0.4, 0.5) is 4.79 Å². The van der Waals surface area contributed by atoms with Gasteiger partial charge in [-0.2, -0.15) is 0 Å². The zero-order valence-electron chi connectivity index (χ0n) is 19.3. The summed E-state index contributed by atoms with van der Waals surface area (Å²) in [5.41, 5.74) is 0.890. The second-order valence-electron chi connectivity index (χ2n) is 7.56. The van der Waals surface area contributed by atoms with E-state index in [1.807, 2.05) is 24.3 Å². The molecule has 0 saturated heterocycles. The first kappa shape index (κ1) is 26.8. The number of amides is 1. The first-order valence-corrected chi connectivity index (χ1v) is 11.4. The Morgan fingerprint density at radius 3 is 2.19 bits per heavy atom. The van der Waals surface area contributed by atoms with Crippen molar-refractivity contribution in [1.29, 1.82) is 0 Å². The molecule has 31 heavy (non-hydrogen) atoms.